The van der Waals surface area contributed by atoms with Crippen LogP contribution >= 0.6 is 11.6 Å². The minimum absolute atomic E-state index is 0.209. The summed E-state index contributed by atoms with van der Waals surface area (Å²) in [6.45, 7) is 4.12. The van der Waals surface area contributed by atoms with Gasteiger partial charge in [-0.25, -0.2) is 4.98 Å². The Morgan fingerprint density at radius 2 is 2.38 bits per heavy atom. The first-order valence-electron chi connectivity index (χ1n) is 4.75. The van der Waals surface area contributed by atoms with E-state index in [1.807, 2.05) is 0 Å². The van der Waals surface area contributed by atoms with E-state index in [1.165, 1.54) is 0 Å². The summed E-state index contributed by atoms with van der Waals surface area (Å²) in [6, 6.07) is 5.01. The fraction of sp³-hybridized carbons (Fsp3) is 0.0909. The molecule has 4 nitrogen and oxygen atoms in total. The van der Waals surface area contributed by atoms with Crippen molar-refractivity contribution in [1.82, 2.24) is 9.97 Å². The molecule has 0 amide bonds. The van der Waals surface area contributed by atoms with Gasteiger partial charge in [0.1, 0.15) is 0 Å². The van der Waals surface area contributed by atoms with E-state index in [2.05, 4.69) is 21.9 Å². The molecule has 0 atom stereocenters. The fourth-order valence-electron chi connectivity index (χ4n) is 1.36. The second kappa shape index (κ2) is 4.37. The number of nitrogens with one attached hydrogen (secondary N) is 2. The van der Waals surface area contributed by atoms with Crippen molar-refractivity contribution in [3.8, 4) is 0 Å². The molecule has 82 valence electrons. The van der Waals surface area contributed by atoms with E-state index in [9.17, 15) is 4.79 Å². The lowest BCUT2D eigenvalue weighted by Gasteiger charge is -2.03. The third-order valence-electron chi connectivity index (χ3n) is 2.08. The normalized spacial score (nSPS) is 10.3. The highest BCUT2D eigenvalue weighted by Crippen LogP contribution is 2.15. The lowest BCUT2D eigenvalue weighted by atomic mass is 10.2. The first kappa shape index (κ1) is 10.7. The smallest absolute Gasteiger partial charge is 0.260 e. The van der Waals surface area contributed by atoms with Crippen LogP contribution in [0.5, 0.6) is 0 Å². The number of fused-ring (bicyclic) bond motifs is 1. The summed E-state index contributed by atoms with van der Waals surface area (Å²) in [5, 5.41) is 3.93. The predicted octanol–water partition coefficient (Wildman–Crippen LogP) is 2.17. The Bertz CT molecular complexity index is 591. The topological polar surface area (TPSA) is 57.8 Å². The maximum Gasteiger partial charge on any atom is 0.260 e. The lowest BCUT2D eigenvalue weighted by Crippen LogP contribution is -2.13. The van der Waals surface area contributed by atoms with E-state index < -0.39 is 0 Å². The zero-order valence-corrected chi connectivity index (χ0v) is 9.21. The molecule has 0 aliphatic heterocycles. The van der Waals surface area contributed by atoms with Crippen LogP contribution in [0.25, 0.3) is 10.9 Å². The molecule has 0 saturated carbocycles. The molecule has 0 fully saturated rings. The van der Waals surface area contributed by atoms with Crippen molar-refractivity contribution in [2.45, 2.75) is 0 Å². The van der Waals surface area contributed by atoms with Gasteiger partial charge in [-0.1, -0.05) is 17.7 Å². The zero-order valence-electron chi connectivity index (χ0n) is 8.46. The molecular weight excluding hydrogens is 226 g/mol. The van der Waals surface area contributed by atoms with Crippen molar-refractivity contribution in [2.75, 3.05) is 11.9 Å². The number of aromatic amines is 1. The highest BCUT2D eigenvalue weighted by atomic mass is 35.5. The first-order valence-corrected chi connectivity index (χ1v) is 5.13. The molecule has 1 aromatic heterocycles. The van der Waals surface area contributed by atoms with Crippen LogP contribution in [-0.2, 0) is 0 Å². The van der Waals surface area contributed by atoms with Crippen molar-refractivity contribution in [1.29, 1.82) is 0 Å². The molecule has 1 heterocycles. The number of halogens is 1. The Hall–Kier alpha value is -1.81. The Balaban J connectivity index is 2.55. The summed E-state index contributed by atoms with van der Waals surface area (Å²) in [5.74, 6) is 0.430. The molecule has 0 radical (unpaired) electrons. The molecule has 0 aliphatic rings. The first-order chi connectivity index (χ1) is 7.70. The highest BCUT2D eigenvalue weighted by molar-refractivity contribution is 6.31. The molecule has 5 heteroatoms. The van der Waals surface area contributed by atoms with Crippen molar-refractivity contribution < 1.29 is 0 Å². The summed E-state index contributed by atoms with van der Waals surface area (Å²) in [6.07, 6.45) is 1.69. The van der Waals surface area contributed by atoms with E-state index in [4.69, 9.17) is 11.6 Å². The van der Waals surface area contributed by atoms with E-state index in [1.54, 1.807) is 24.3 Å². The van der Waals surface area contributed by atoms with Crippen LogP contribution in [0.2, 0.25) is 5.02 Å². The van der Waals surface area contributed by atoms with Crippen LogP contribution in [0, 0.1) is 0 Å². The molecule has 0 saturated heterocycles. The third kappa shape index (κ3) is 2.06. The summed E-state index contributed by atoms with van der Waals surface area (Å²) in [4.78, 5) is 18.6. The molecule has 0 bridgehead atoms. The molecule has 2 rings (SSSR count). The zero-order chi connectivity index (χ0) is 11.5. The Morgan fingerprint density at radius 1 is 1.56 bits per heavy atom. The monoisotopic (exact) mass is 235 g/mol. The third-order valence-corrected chi connectivity index (χ3v) is 2.32. The molecule has 0 unspecified atom stereocenters. The maximum atomic E-state index is 11.7. The van der Waals surface area contributed by atoms with Gasteiger partial charge in [-0.15, -0.1) is 6.58 Å². The van der Waals surface area contributed by atoms with Crippen molar-refractivity contribution in [2.24, 2.45) is 0 Å². The van der Waals surface area contributed by atoms with Gasteiger partial charge in [0, 0.05) is 11.6 Å². The minimum Gasteiger partial charge on any atom is -0.352 e. The standard InChI is InChI=1S/C11H10ClN3O/c1-2-5-13-11-14-9-4-3-7(12)6-8(9)10(16)15-11/h2-4,6H,1,5H2,(H2,13,14,15,16). The quantitative estimate of drug-likeness (QED) is 0.802. The fourth-order valence-corrected chi connectivity index (χ4v) is 1.54. The molecule has 0 spiro atoms. The summed E-state index contributed by atoms with van der Waals surface area (Å²) >= 11 is 5.80. The second-order valence-corrected chi connectivity index (χ2v) is 3.68. The Labute approximate surface area is 97.0 Å². The van der Waals surface area contributed by atoms with Gasteiger partial charge in [0.2, 0.25) is 5.95 Å². The van der Waals surface area contributed by atoms with Crippen molar-refractivity contribution in [3.05, 3.63) is 46.2 Å². The molecule has 2 aromatic rings. The summed E-state index contributed by atoms with van der Waals surface area (Å²) < 4.78 is 0. The van der Waals surface area contributed by atoms with Crippen molar-refractivity contribution >= 4 is 28.5 Å². The molecular formula is C11H10ClN3O. The number of benzene rings is 1. The van der Waals surface area contributed by atoms with Gasteiger partial charge in [-0.2, -0.15) is 0 Å². The number of hydrogen-bond acceptors (Lipinski definition) is 3. The van der Waals surface area contributed by atoms with Gasteiger partial charge >= 0.3 is 0 Å². The van der Waals surface area contributed by atoms with Gasteiger partial charge < -0.3 is 5.32 Å². The molecule has 0 aliphatic carbocycles. The SMILES string of the molecule is C=CCNc1nc2ccc(Cl)cc2c(=O)[nH]1. The van der Waals surface area contributed by atoms with Crippen LogP contribution in [0.15, 0.2) is 35.6 Å². The predicted molar refractivity (Wildman–Crippen MR) is 66.1 cm³/mol. The summed E-state index contributed by atoms with van der Waals surface area (Å²) in [7, 11) is 0. The average Bonchev–Trinajstić information content (AvgIpc) is 2.27. The van der Waals surface area contributed by atoms with Crippen molar-refractivity contribution in [3.63, 3.8) is 0 Å². The Kier molecular flexibility index (Phi) is 2.92. The van der Waals surface area contributed by atoms with Crippen LogP contribution in [0.4, 0.5) is 5.95 Å². The lowest BCUT2D eigenvalue weighted by molar-refractivity contribution is 1.12. The number of rotatable bonds is 3. The molecule has 16 heavy (non-hydrogen) atoms. The Morgan fingerprint density at radius 3 is 3.12 bits per heavy atom. The van der Waals surface area contributed by atoms with Crippen LogP contribution < -0.4 is 10.9 Å². The number of anilines is 1. The van der Waals surface area contributed by atoms with Gasteiger partial charge in [0.05, 0.1) is 10.9 Å². The van der Waals surface area contributed by atoms with Crippen LogP contribution in [-0.4, -0.2) is 16.5 Å². The number of aromatic nitrogens is 2. The molecule has 2 N–H and O–H groups in total. The minimum atomic E-state index is -0.209. The van der Waals surface area contributed by atoms with E-state index >= 15 is 0 Å². The van der Waals surface area contributed by atoms with Crippen LogP contribution in [0.3, 0.4) is 0 Å². The van der Waals surface area contributed by atoms with Gasteiger partial charge in [-0.05, 0) is 18.2 Å². The largest absolute Gasteiger partial charge is 0.352 e. The van der Waals surface area contributed by atoms with Gasteiger partial charge in [0.25, 0.3) is 5.56 Å². The molecule has 1 aromatic carbocycles. The van der Waals surface area contributed by atoms with E-state index in [-0.39, 0.29) is 5.56 Å². The van der Waals surface area contributed by atoms with Gasteiger partial charge in [-0.3, -0.25) is 9.78 Å². The maximum absolute atomic E-state index is 11.7. The second-order valence-electron chi connectivity index (χ2n) is 3.25. The number of hydrogen-bond donors (Lipinski definition) is 2. The average molecular weight is 236 g/mol. The number of nitrogens with zero attached hydrogens (tertiary/aromatic N) is 1. The van der Waals surface area contributed by atoms with Gasteiger partial charge in [0.15, 0.2) is 0 Å². The van der Waals surface area contributed by atoms with E-state index in [0.717, 1.165) is 0 Å². The highest BCUT2D eigenvalue weighted by Gasteiger charge is 2.03. The number of H-pyrrole nitrogens is 1. The van der Waals surface area contributed by atoms with E-state index in [0.29, 0.717) is 28.4 Å². The van der Waals surface area contributed by atoms with Crippen LogP contribution in [0.1, 0.15) is 0 Å². The summed E-state index contributed by atoms with van der Waals surface area (Å²) in [5.41, 5.74) is 0.402.